The lowest BCUT2D eigenvalue weighted by Gasteiger charge is -2.28. The summed E-state index contributed by atoms with van der Waals surface area (Å²) in [6.07, 6.45) is 0.637. The fraction of sp³-hybridized carbons (Fsp3) is 0.333. The number of esters is 1. The van der Waals surface area contributed by atoms with Crippen LogP contribution in [-0.2, 0) is 9.53 Å². The highest BCUT2D eigenvalue weighted by atomic mass is 35.5. The third-order valence-electron chi connectivity index (χ3n) is 5.57. The predicted octanol–water partition coefficient (Wildman–Crippen LogP) is 5.31. The van der Waals surface area contributed by atoms with Crippen molar-refractivity contribution in [3.8, 4) is 6.07 Å². The standard InChI is InChI=1S/C24H24ClN3O4/c1-6-23(2,3)32-20(29)18-12-11-17(13-19(18)25)28-22(31)27(21(30)24(28,4)5)16-9-7-15(14-26)8-10-16/h7-13H,6H2,1-5H3. The van der Waals surface area contributed by atoms with Gasteiger partial charge in [-0.3, -0.25) is 9.69 Å². The van der Waals surface area contributed by atoms with Gasteiger partial charge in [0, 0.05) is 5.69 Å². The molecule has 0 radical (unpaired) electrons. The highest BCUT2D eigenvalue weighted by Crippen LogP contribution is 2.37. The van der Waals surface area contributed by atoms with Crippen LogP contribution in [0.5, 0.6) is 0 Å². The first-order valence-electron chi connectivity index (χ1n) is 10.1. The number of amides is 3. The van der Waals surface area contributed by atoms with Crippen LogP contribution in [0, 0.1) is 11.3 Å². The molecule has 7 nitrogen and oxygen atoms in total. The number of nitrogens with zero attached hydrogens (tertiary/aromatic N) is 3. The zero-order valence-electron chi connectivity index (χ0n) is 18.6. The molecule has 0 spiro atoms. The lowest BCUT2D eigenvalue weighted by atomic mass is 10.0. The van der Waals surface area contributed by atoms with Gasteiger partial charge in [-0.2, -0.15) is 5.26 Å². The van der Waals surface area contributed by atoms with E-state index in [1.54, 1.807) is 44.2 Å². The lowest BCUT2D eigenvalue weighted by molar-refractivity contribution is -0.120. The van der Waals surface area contributed by atoms with Crippen molar-refractivity contribution in [3.05, 3.63) is 58.6 Å². The van der Waals surface area contributed by atoms with Crippen molar-refractivity contribution in [2.75, 3.05) is 9.80 Å². The van der Waals surface area contributed by atoms with Crippen molar-refractivity contribution >= 4 is 40.9 Å². The molecule has 0 atom stereocenters. The average molecular weight is 454 g/mol. The number of carbonyl (C=O) groups is 3. The lowest BCUT2D eigenvalue weighted by Crippen LogP contribution is -2.44. The van der Waals surface area contributed by atoms with Gasteiger partial charge in [-0.15, -0.1) is 0 Å². The minimum Gasteiger partial charge on any atom is -0.456 e. The van der Waals surface area contributed by atoms with Gasteiger partial charge in [-0.1, -0.05) is 18.5 Å². The highest BCUT2D eigenvalue weighted by molar-refractivity contribution is 6.34. The monoisotopic (exact) mass is 453 g/mol. The highest BCUT2D eigenvalue weighted by Gasteiger charge is 2.52. The van der Waals surface area contributed by atoms with Crippen LogP contribution in [0.2, 0.25) is 5.02 Å². The molecule has 1 saturated heterocycles. The van der Waals surface area contributed by atoms with Gasteiger partial charge in [-0.25, -0.2) is 14.5 Å². The van der Waals surface area contributed by atoms with E-state index in [1.807, 2.05) is 26.8 Å². The summed E-state index contributed by atoms with van der Waals surface area (Å²) in [5, 5.41) is 9.10. The van der Waals surface area contributed by atoms with E-state index in [4.69, 9.17) is 21.6 Å². The Hall–Kier alpha value is -3.37. The molecule has 3 amide bonds. The van der Waals surface area contributed by atoms with Crippen LogP contribution in [0.1, 0.15) is 57.0 Å². The normalized spacial score (nSPS) is 15.7. The van der Waals surface area contributed by atoms with E-state index in [2.05, 4.69) is 0 Å². The van der Waals surface area contributed by atoms with E-state index < -0.39 is 29.0 Å². The van der Waals surface area contributed by atoms with Gasteiger partial charge in [0.05, 0.1) is 27.9 Å². The summed E-state index contributed by atoms with van der Waals surface area (Å²) in [5.41, 5.74) is -0.495. The van der Waals surface area contributed by atoms with E-state index in [0.29, 0.717) is 23.4 Å². The van der Waals surface area contributed by atoms with Crippen molar-refractivity contribution in [2.45, 2.75) is 52.2 Å². The summed E-state index contributed by atoms with van der Waals surface area (Å²) in [4.78, 5) is 41.3. The zero-order valence-corrected chi connectivity index (χ0v) is 19.4. The number of anilines is 2. The minimum atomic E-state index is -1.19. The smallest absolute Gasteiger partial charge is 0.340 e. The predicted molar refractivity (Wildman–Crippen MR) is 122 cm³/mol. The first-order chi connectivity index (χ1) is 14.9. The van der Waals surface area contributed by atoms with E-state index >= 15 is 0 Å². The molecular formula is C24H24ClN3O4. The summed E-state index contributed by atoms with van der Waals surface area (Å²) >= 11 is 6.37. The van der Waals surface area contributed by atoms with Crippen LogP contribution in [0.15, 0.2) is 42.5 Å². The number of rotatable bonds is 5. The van der Waals surface area contributed by atoms with Crippen molar-refractivity contribution in [2.24, 2.45) is 0 Å². The second-order valence-corrected chi connectivity index (χ2v) is 9.05. The van der Waals surface area contributed by atoms with Crippen molar-refractivity contribution < 1.29 is 19.1 Å². The molecule has 8 heteroatoms. The number of hydrogen-bond donors (Lipinski definition) is 0. The molecule has 0 N–H and O–H groups in total. The number of ether oxygens (including phenoxy) is 1. The van der Waals surface area contributed by atoms with Crippen molar-refractivity contribution in [1.29, 1.82) is 5.26 Å². The molecule has 1 aliphatic rings. The van der Waals surface area contributed by atoms with Gasteiger partial charge < -0.3 is 4.74 Å². The summed E-state index contributed by atoms with van der Waals surface area (Å²) in [7, 11) is 0. The Morgan fingerprint density at radius 1 is 1.12 bits per heavy atom. The number of nitriles is 1. The third-order valence-corrected chi connectivity index (χ3v) is 5.89. The Bertz CT molecular complexity index is 1130. The van der Waals surface area contributed by atoms with Gasteiger partial charge >= 0.3 is 12.0 Å². The maximum absolute atomic E-state index is 13.3. The number of imide groups is 1. The molecule has 1 heterocycles. The fourth-order valence-corrected chi connectivity index (χ4v) is 3.58. The van der Waals surface area contributed by atoms with E-state index in [1.165, 1.54) is 17.0 Å². The molecule has 0 bridgehead atoms. The van der Waals surface area contributed by atoms with Gasteiger partial charge in [0.2, 0.25) is 0 Å². The molecule has 2 aromatic carbocycles. The summed E-state index contributed by atoms with van der Waals surface area (Å²) in [6.45, 7) is 8.80. The Labute approximate surface area is 192 Å². The molecule has 166 valence electrons. The molecule has 1 aliphatic heterocycles. The largest absolute Gasteiger partial charge is 0.456 e. The second-order valence-electron chi connectivity index (χ2n) is 8.64. The first-order valence-corrected chi connectivity index (χ1v) is 10.5. The zero-order chi connectivity index (χ0) is 23.8. The Kier molecular flexibility index (Phi) is 6.03. The van der Waals surface area contributed by atoms with Crippen LogP contribution in [0.3, 0.4) is 0 Å². The van der Waals surface area contributed by atoms with Gasteiger partial charge in [-0.05, 0) is 76.6 Å². The summed E-state index contributed by atoms with van der Waals surface area (Å²) < 4.78 is 5.50. The molecular weight excluding hydrogens is 430 g/mol. The topological polar surface area (TPSA) is 90.7 Å². The first kappa shape index (κ1) is 23.3. The van der Waals surface area contributed by atoms with Gasteiger partial charge in [0.15, 0.2) is 0 Å². The van der Waals surface area contributed by atoms with Crippen LogP contribution in [0.25, 0.3) is 0 Å². The molecule has 3 rings (SSSR count). The van der Waals surface area contributed by atoms with Crippen LogP contribution in [-0.4, -0.2) is 29.0 Å². The number of urea groups is 1. The Balaban J connectivity index is 1.95. The molecule has 32 heavy (non-hydrogen) atoms. The Morgan fingerprint density at radius 3 is 2.25 bits per heavy atom. The second kappa shape index (κ2) is 8.29. The van der Waals surface area contributed by atoms with E-state index in [-0.39, 0.29) is 10.6 Å². The number of halogens is 1. The number of benzene rings is 2. The molecule has 0 aliphatic carbocycles. The molecule has 0 saturated carbocycles. The van der Waals surface area contributed by atoms with Gasteiger partial charge in [0.25, 0.3) is 5.91 Å². The van der Waals surface area contributed by atoms with E-state index in [9.17, 15) is 14.4 Å². The Morgan fingerprint density at radius 2 is 1.72 bits per heavy atom. The van der Waals surface area contributed by atoms with Crippen LogP contribution < -0.4 is 9.80 Å². The number of carbonyl (C=O) groups excluding carboxylic acids is 3. The quantitative estimate of drug-likeness (QED) is 0.452. The molecule has 0 aromatic heterocycles. The third kappa shape index (κ3) is 4.06. The molecule has 2 aromatic rings. The fourth-order valence-electron chi connectivity index (χ4n) is 3.33. The molecule has 0 unspecified atom stereocenters. The molecule has 1 fully saturated rings. The maximum Gasteiger partial charge on any atom is 0.340 e. The number of hydrogen-bond acceptors (Lipinski definition) is 5. The van der Waals surface area contributed by atoms with Gasteiger partial charge in [0.1, 0.15) is 11.1 Å². The minimum absolute atomic E-state index is 0.118. The summed E-state index contributed by atoms with van der Waals surface area (Å²) in [6, 6.07) is 12.2. The van der Waals surface area contributed by atoms with Crippen molar-refractivity contribution in [3.63, 3.8) is 0 Å². The maximum atomic E-state index is 13.3. The van der Waals surface area contributed by atoms with Crippen LogP contribution >= 0.6 is 11.6 Å². The van der Waals surface area contributed by atoms with Crippen molar-refractivity contribution in [1.82, 2.24) is 0 Å². The van der Waals surface area contributed by atoms with E-state index in [0.717, 1.165) is 4.90 Å². The summed E-state index contributed by atoms with van der Waals surface area (Å²) in [5.74, 6) is -0.979. The van der Waals surface area contributed by atoms with Crippen LogP contribution in [0.4, 0.5) is 16.2 Å². The average Bonchev–Trinajstić information content (AvgIpc) is 2.91. The SMILES string of the molecule is CCC(C)(C)OC(=O)c1ccc(N2C(=O)N(c3ccc(C#N)cc3)C(=O)C2(C)C)cc1Cl.